The van der Waals surface area contributed by atoms with Crippen LogP contribution < -0.4 is 5.73 Å². The van der Waals surface area contributed by atoms with Gasteiger partial charge >= 0.3 is 0 Å². The van der Waals surface area contributed by atoms with Crippen molar-refractivity contribution >= 4 is 16.8 Å². The second-order valence-corrected chi connectivity index (χ2v) is 7.22. The van der Waals surface area contributed by atoms with Crippen LogP contribution >= 0.6 is 0 Å². The zero-order chi connectivity index (χ0) is 18.6. The Balaban J connectivity index is 1.44. The van der Waals surface area contributed by atoms with E-state index < -0.39 is 0 Å². The van der Waals surface area contributed by atoms with E-state index in [1.807, 2.05) is 36.8 Å². The summed E-state index contributed by atoms with van der Waals surface area (Å²) in [7, 11) is 0. The molecule has 2 N–H and O–H groups in total. The van der Waals surface area contributed by atoms with Gasteiger partial charge in [-0.15, -0.1) is 0 Å². The van der Waals surface area contributed by atoms with Crippen molar-refractivity contribution in [2.24, 2.45) is 11.7 Å². The number of piperidine rings is 1. The number of hydrogen-bond donors (Lipinski definition) is 1. The molecule has 1 saturated heterocycles. The Morgan fingerprint density at radius 1 is 1.15 bits per heavy atom. The molecule has 1 aromatic carbocycles. The van der Waals surface area contributed by atoms with Crippen LogP contribution in [0.4, 0.5) is 0 Å². The topological polar surface area (TPSA) is 77.0 Å². The summed E-state index contributed by atoms with van der Waals surface area (Å²) in [5, 5.41) is 1.12. The van der Waals surface area contributed by atoms with Gasteiger partial charge in [-0.05, 0) is 44.5 Å². The zero-order valence-electron chi connectivity index (χ0n) is 15.4. The third-order valence-electron chi connectivity index (χ3n) is 5.38. The molecule has 1 unspecified atom stereocenters. The number of amides is 1. The lowest BCUT2D eigenvalue weighted by atomic mass is 9.97. The maximum atomic E-state index is 11.4. The molecule has 1 amide bonds. The number of rotatable bonds is 6. The Bertz CT molecular complexity index is 930. The molecular weight excluding hydrogens is 338 g/mol. The number of carbonyl (C=O) groups is 1. The minimum atomic E-state index is -0.166. The number of nitrogens with two attached hydrogens (primary N) is 1. The highest BCUT2D eigenvalue weighted by Gasteiger charge is 2.23. The minimum Gasteiger partial charge on any atom is -0.369 e. The Morgan fingerprint density at radius 3 is 2.96 bits per heavy atom. The Morgan fingerprint density at radius 2 is 2.07 bits per heavy atom. The summed E-state index contributed by atoms with van der Waals surface area (Å²) < 4.78 is 2.21. The molecule has 6 heteroatoms. The molecule has 0 spiro atoms. The van der Waals surface area contributed by atoms with Gasteiger partial charge in [-0.1, -0.05) is 18.2 Å². The lowest BCUT2D eigenvalue weighted by molar-refractivity contribution is -0.123. The van der Waals surface area contributed by atoms with Crippen molar-refractivity contribution in [1.29, 1.82) is 0 Å². The Kier molecular flexibility index (Phi) is 5.16. The highest BCUT2D eigenvalue weighted by Crippen LogP contribution is 2.26. The fourth-order valence-corrected chi connectivity index (χ4v) is 3.99. The van der Waals surface area contributed by atoms with Crippen LogP contribution in [-0.4, -0.2) is 45.0 Å². The fourth-order valence-electron chi connectivity index (χ4n) is 3.99. The van der Waals surface area contributed by atoms with E-state index in [1.54, 1.807) is 0 Å². The standard InChI is InChI=1S/C21H25N5O/c22-20(27)16-5-3-11-25(15-16)12-4-13-26-14-10-24-21(26)18-6-1-8-19-17(18)7-2-9-23-19/h1-2,6-10,14,16H,3-5,11-13,15H2,(H2,22,27). The molecule has 3 aromatic rings. The summed E-state index contributed by atoms with van der Waals surface area (Å²) >= 11 is 0. The second kappa shape index (κ2) is 7.88. The van der Waals surface area contributed by atoms with Crippen LogP contribution in [0.25, 0.3) is 22.3 Å². The lowest BCUT2D eigenvalue weighted by Gasteiger charge is -2.31. The van der Waals surface area contributed by atoms with Gasteiger partial charge in [-0.3, -0.25) is 9.78 Å². The smallest absolute Gasteiger partial charge is 0.221 e. The molecule has 1 aliphatic rings. The van der Waals surface area contributed by atoms with Crippen LogP contribution in [0.1, 0.15) is 19.3 Å². The fraction of sp³-hybridized carbons (Fsp3) is 0.381. The molecule has 0 saturated carbocycles. The van der Waals surface area contributed by atoms with Crippen LogP contribution in [0.15, 0.2) is 48.9 Å². The van der Waals surface area contributed by atoms with Gasteiger partial charge in [0.2, 0.25) is 5.91 Å². The molecule has 0 aliphatic carbocycles. The van der Waals surface area contributed by atoms with Crippen molar-refractivity contribution in [3.8, 4) is 11.4 Å². The molecule has 3 heterocycles. The van der Waals surface area contributed by atoms with Gasteiger partial charge in [0.1, 0.15) is 5.82 Å². The summed E-state index contributed by atoms with van der Waals surface area (Å²) in [4.78, 5) is 22.8. The number of fused-ring (bicyclic) bond motifs is 1. The van der Waals surface area contributed by atoms with Crippen LogP contribution in [0, 0.1) is 5.92 Å². The zero-order valence-corrected chi connectivity index (χ0v) is 15.4. The van der Waals surface area contributed by atoms with Gasteiger partial charge in [-0.25, -0.2) is 4.98 Å². The largest absolute Gasteiger partial charge is 0.369 e. The SMILES string of the molecule is NC(=O)C1CCCN(CCCn2ccnc2-c2cccc3ncccc23)C1. The second-order valence-electron chi connectivity index (χ2n) is 7.22. The molecule has 1 atom stereocenters. The first-order chi connectivity index (χ1) is 13.2. The molecule has 1 aliphatic heterocycles. The first-order valence-electron chi connectivity index (χ1n) is 9.59. The highest BCUT2D eigenvalue weighted by molar-refractivity contribution is 5.92. The first kappa shape index (κ1) is 17.7. The van der Waals surface area contributed by atoms with Gasteiger partial charge in [0.25, 0.3) is 0 Å². The average molecular weight is 363 g/mol. The van der Waals surface area contributed by atoms with Crippen molar-refractivity contribution in [3.63, 3.8) is 0 Å². The molecule has 27 heavy (non-hydrogen) atoms. The van der Waals surface area contributed by atoms with Crippen LogP contribution in [0.5, 0.6) is 0 Å². The Hall–Kier alpha value is -2.73. The van der Waals surface area contributed by atoms with Gasteiger partial charge in [-0.2, -0.15) is 0 Å². The highest BCUT2D eigenvalue weighted by atomic mass is 16.1. The van der Waals surface area contributed by atoms with Crippen molar-refractivity contribution in [3.05, 3.63) is 48.9 Å². The molecule has 1 fully saturated rings. The van der Waals surface area contributed by atoms with E-state index in [4.69, 9.17) is 5.73 Å². The van der Waals surface area contributed by atoms with E-state index >= 15 is 0 Å². The molecule has 0 radical (unpaired) electrons. The number of aryl methyl sites for hydroxylation is 1. The molecular formula is C21H25N5O. The Labute approximate surface area is 159 Å². The summed E-state index contributed by atoms with van der Waals surface area (Å²) in [6, 6.07) is 10.2. The normalized spacial score (nSPS) is 18.0. The maximum absolute atomic E-state index is 11.4. The molecule has 140 valence electrons. The summed E-state index contributed by atoms with van der Waals surface area (Å²) in [5.74, 6) is 0.814. The van der Waals surface area contributed by atoms with Crippen molar-refractivity contribution < 1.29 is 4.79 Å². The number of hydrogen-bond acceptors (Lipinski definition) is 4. The number of pyridine rings is 1. The first-order valence-corrected chi connectivity index (χ1v) is 9.59. The van der Waals surface area contributed by atoms with Crippen molar-refractivity contribution in [1.82, 2.24) is 19.4 Å². The number of aromatic nitrogens is 3. The molecule has 4 rings (SSSR count). The molecule has 2 aromatic heterocycles. The molecule has 0 bridgehead atoms. The van der Waals surface area contributed by atoms with Gasteiger partial charge in [0.15, 0.2) is 0 Å². The third kappa shape index (κ3) is 3.85. The van der Waals surface area contributed by atoms with E-state index in [0.29, 0.717) is 0 Å². The maximum Gasteiger partial charge on any atom is 0.221 e. The third-order valence-corrected chi connectivity index (χ3v) is 5.38. The van der Waals surface area contributed by atoms with E-state index in [0.717, 1.165) is 67.7 Å². The van der Waals surface area contributed by atoms with Gasteiger partial charge in [0.05, 0.1) is 11.4 Å². The lowest BCUT2D eigenvalue weighted by Crippen LogP contribution is -2.41. The van der Waals surface area contributed by atoms with Gasteiger partial charge < -0.3 is 15.2 Å². The van der Waals surface area contributed by atoms with Crippen LogP contribution in [0.3, 0.4) is 0 Å². The van der Waals surface area contributed by atoms with E-state index in [9.17, 15) is 4.79 Å². The number of carbonyl (C=O) groups excluding carboxylic acids is 1. The summed E-state index contributed by atoms with van der Waals surface area (Å²) in [6.45, 7) is 3.71. The number of imidazole rings is 1. The number of nitrogens with zero attached hydrogens (tertiary/aromatic N) is 4. The van der Waals surface area contributed by atoms with Crippen molar-refractivity contribution in [2.75, 3.05) is 19.6 Å². The molecule has 6 nitrogen and oxygen atoms in total. The van der Waals surface area contributed by atoms with Crippen molar-refractivity contribution in [2.45, 2.75) is 25.8 Å². The quantitative estimate of drug-likeness (QED) is 0.730. The predicted molar refractivity (Wildman–Crippen MR) is 106 cm³/mol. The monoisotopic (exact) mass is 363 g/mol. The summed E-state index contributed by atoms with van der Waals surface area (Å²) in [6.07, 6.45) is 8.69. The summed E-state index contributed by atoms with van der Waals surface area (Å²) in [5.41, 5.74) is 7.57. The number of benzene rings is 1. The van der Waals surface area contributed by atoms with Crippen LogP contribution in [0.2, 0.25) is 0 Å². The minimum absolute atomic E-state index is 0.00531. The van der Waals surface area contributed by atoms with Crippen LogP contribution in [-0.2, 0) is 11.3 Å². The number of likely N-dealkylation sites (tertiary alicyclic amines) is 1. The average Bonchev–Trinajstić information content (AvgIpc) is 3.16. The van der Waals surface area contributed by atoms with E-state index in [2.05, 4.69) is 31.6 Å². The van der Waals surface area contributed by atoms with Gasteiger partial charge in [0, 0.05) is 42.6 Å². The van der Waals surface area contributed by atoms with E-state index in [1.165, 1.54) is 0 Å². The van der Waals surface area contributed by atoms with E-state index in [-0.39, 0.29) is 11.8 Å². The number of primary amides is 1. The predicted octanol–water partition coefficient (Wildman–Crippen LogP) is 2.69.